The Balaban J connectivity index is 1.79. The fourth-order valence-electron chi connectivity index (χ4n) is 2.76. The maximum atomic E-state index is 5.71. The van der Waals surface area contributed by atoms with Gasteiger partial charge in [-0.1, -0.05) is 13.8 Å². The van der Waals surface area contributed by atoms with Crippen LogP contribution in [0.4, 0.5) is 0 Å². The Hall–Kier alpha value is -0.870. The van der Waals surface area contributed by atoms with Gasteiger partial charge in [0.05, 0.1) is 18.6 Å². The monoisotopic (exact) mass is 279 g/mol. The van der Waals surface area contributed by atoms with Gasteiger partial charge < -0.3 is 14.6 Å². The molecule has 1 aliphatic rings. The van der Waals surface area contributed by atoms with Gasteiger partial charge in [0.1, 0.15) is 0 Å². The van der Waals surface area contributed by atoms with Crippen molar-refractivity contribution >= 4 is 0 Å². The second-order valence-corrected chi connectivity index (χ2v) is 6.36. The molecule has 2 atom stereocenters. The lowest BCUT2D eigenvalue weighted by molar-refractivity contribution is 0.115. The van der Waals surface area contributed by atoms with Crippen LogP contribution in [-0.2, 0) is 11.3 Å². The lowest BCUT2D eigenvalue weighted by Crippen LogP contribution is -2.35. The lowest BCUT2D eigenvalue weighted by atomic mass is 9.97. The normalized spacial score (nSPS) is 23.4. The number of aromatic nitrogens is 2. The van der Waals surface area contributed by atoms with Crippen molar-refractivity contribution < 1.29 is 4.74 Å². The van der Waals surface area contributed by atoms with E-state index in [4.69, 9.17) is 4.74 Å². The summed E-state index contributed by atoms with van der Waals surface area (Å²) >= 11 is 0. The molecule has 0 aromatic carbocycles. The van der Waals surface area contributed by atoms with Gasteiger partial charge in [-0.2, -0.15) is 0 Å². The van der Waals surface area contributed by atoms with Crippen molar-refractivity contribution in [1.82, 2.24) is 14.9 Å². The largest absolute Gasteiger partial charge is 0.380 e. The van der Waals surface area contributed by atoms with E-state index >= 15 is 0 Å². The zero-order chi connectivity index (χ0) is 14.4. The third-order valence-corrected chi connectivity index (χ3v) is 4.03. The predicted molar refractivity (Wildman–Crippen MR) is 81.7 cm³/mol. The molecule has 2 unspecified atom stereocenters. The third kappa shape index (κ3) is 4.60. The average Bonchev–Trinajstić information content (AvgIpc) is 2.86. The highest BCUT2D eigenvalue weighted by molar-refractivity contribution is 5.07. The zero-order valence-corrected chi connectivity index (χ0v) is 13.1. The molecule has 2 heterocycles. The molecule has 1 aromatic rings. The molecular formula is C16H29N3O. The quantitative estimate of drug-likeness (QED) is 0.779. The van der Waals surface area contributed by atoms with Gasteiger partial charge in [0.15, 0.2) is 0 Å². The molecule has 4 nitrogen and oxygen atoms in total. The Labute approximate surface area is 122 Å². The van der Waals surface area contributed by atoms with Crippen molar-refractivity contribution in [3.05, 3.63) is 18.2 Å². The van der Waals surface area contributed by atoms with Crippen LogP contribution in [0.1, 0.15) is 58.2 Å². The Bertz CT molecular complexity index is 389. The molecule has 1 fully saturated rings. The van der Waals surface area contributed by atoms with Gasteiger partial charge in [0.2, 0.25) is 0 Å². The van der Waals surface area contributed by atoms with Crippen LogP contribution in [0.25, 0.3) is 0 Å². The van der Waals surface area contributed by atoms with Gasteiger partial charge in [0, 0.05) is 31.4 Å². The minimum absolute atomic E-state index is 0.455. The maximum Gasteiger partial charge on any atom is 0.0949 e. The van der Waals surface area contributed by atoms with Crippen molar-refractivity contribution in [3.8, 4) is 0 Å². The minimum Gasteiger partial charge on any atom is -0.380 e. The van der Waals surface area contributed by atoms with E-state index in [0.717, 1.165) is 26.2 Å². The molecule has 0 saturated carbocycles. The summed E-state index contributed by atoms with van der Waals surface area (Å²) in [4.78, 5) is 4.32. The van der Waals surface area contributed by atoms with E-state index in [1.165, 1.54) is 25.0 Å². The molecule has 1 aromatic heterocycles. The van der Waals surface area contributed by atoms with Crippen LogP contribution in [0.5, 0.6) is 0 Å². The molecule has 1 saturated heterocycles. The number of ether oxygens (including phenoxy) is 1. The molecule has 20 heavy (non-hydrogen) atoms. The number of nitrogens with zero attached hydrogens (tertiary/aromatic N) is 2. The van der Waals surface area contributed by atoms with Crippen LogP contribution >= 0.6 is 0 Å². The minimum atomic E-state index is 0.455. The van der Waals surface area contributed by atoms with Gasteiger partial charge in [-0.05, 0) is 38.5 Å². The summed E-state index contributed by atoms with van der Waals surface area (Å²) in [7, 11) is 0. The summed E-state index contributed by atoms with van der Waals surface area (Å²) in [5.41, 5.74) is 1.31. The standard InChI is InChI=1S/C16H29N3O/c1-13(2)7-9-20-10-8-19-12-17-11-16(19)15-6-4-5-14(3)18-15/h11-15,18H,4-10H2,1-3H3. The maximum absolute atomic E-state index is 5.71. The number of hydrogen-bond donors (Lipinski definition) is 1. The van der Waals surface area contributed by atoms with Crippen LogP contribution in [-0.4, -0.2) is 28.8 Å². The first-order valence-electron chi connectivity index (χ1n) is 8.00. The zero-order valence-electron chi connectivity index (χ0n) is 13.1. The van der Waals surface area contributed by atoms with Crippen molar-refractivity contribution in [2.24, 2.45) is 5.92 Å². The van der Waals surface area contributed by atoms with Gasteiger partial charge in [-0.25, -0.2) is 4.98 Å². The number of hydrogen-bond acceptors (Lipinski definition) is 3. The molecular weight excluding hydrogens is 250 g/mol. The van der Waals surface area contributed by atoms with Crippen molar-refractivity contribution in [1.29, 1.82) is 0 Å². The number of piperidine rings is 1. The van der Waals surface area contributed by atoms with Crippen molar-refractivity contribution in [3.63, 3.8) is 0 Å². The molecule has 2 rings (SSSR count). The van der Waals surface area contributed by atoms with Crippen molar-refractivity contribution in [2.75, 3.05) is 13.2 Å². The highest BCUT2D eigenvalue weighted by atomic mass is 16.5. The Morgan fingerprint density at radius 1 is 1.40 bits per heavy atom. The van der Waals surface area contributed by atoms with Crippen LogP contribution in [0.3, 0.4) is 0 Å². The Morgan fingerprint density at radius 2 is 2.25 bits per heavy atom. The topological polar surface area (TPSA) is 39.1 Å². The molecule has 0 aliphatic carbocycles. The van der Waals surface area contributed by atoms with E-state index in [1.807, 2.05) is 12.5 Å². The second kappa shape index (κ2) is 7.79. The molecule has 0 spiro atoms. The highest BCUT2D eigenvalue weighted by Crippen LogP contribution is 2.25. The summed E-state index contributed by atoms with van der Waals surface area (Å²) in [5.74, 6) is 0.715. The number of nitrogens with one attached hydrogen (secondary N) is 1. The molecule has 0 amide bonds. The molecule has 4 heteroatoms. The first kappa shape index (κ1) is 15.5. The summed E-state index contributed by atoms with van der Waals surface area (Å²) in [6.07, 6.45) is 8.87. The first-order chi connectivity index (χ1) is 9.66. The highest BCUT2D eigenvalue weighted by Gasteiger charge is 2.21. The van der Waals surface area contributed by atoms with Crippen LogP contribution in [0, 0.1) is 5.92 Å². The molecule has 0 radical (unpaired) electrons. The fourth-order valence-corrected chi connectivity index (χ4v) is 2.76. The van der Waals surface area contributed by atoms with Crippen molar-refractivity contribution in [2.45, 2.75) is 65.1 Å². The molecule has 114 valence electrons. The molecule has 0 bridgehead atoms. The SMILES string of the molecule is CC(C)CCOCCn1cncc1C1CCCC(C)N1. The summed E-state index contributed by atoms with van der Waals surface area (Å²) in [6.45, 7) is 9.27. The van der Waals surface area contributed by atoms with E-state index in [-0.39, 0.29) is 0 Å². The van der Waals surface area contributed by atoms with Gasteiger partial charge in [-0.15, -0.1) is 0 Å². The summed E-state index contributed by atoms with van der Waals surface area (Å²) in [5, 5.41) is 3.67. The molecule has 1 aliphatic heterocycles. The van der Waals surface area contributed by atoms with E-state index in [2.05, 4.69) is 35.6 Å². The van der Waals surface area contributed by atoms with Gasteiger partial charge in [0.25, 0.3) is 0 Å². The number of imidazole rings is 1. The second-order valence-electron chi connectivity index (χ2n) is 6.36. The van der Waals surface area contributed by atoms with Crippen LogP contribution < -0.4 is 5.32 Å². The Kier molecular flexibility index (Phi) is 6.05. The van der Waals surface area contributed by atoms with E-state index in [9.17, 15) is 0 Å². The first-order valence-corrected chi connectivity index (χ1v) is 8.00. The molecule has 1 N–H and O–H groups in total. The van der Waals surface area contributed by atoms with Crippen LogP contribution in [0.15, 0.2) is 12.5 Å². The fraction of sp³-hybridized carbons (Fsp3) is 0.812. The average molecular weight is 279 g/mol. The predicted octanol–water partition coefficient (Wildman–Crippen LogP) is 3.15. The smallest absolute Gasteiger partial charge is 0.0949 e. The van der Waals surface area contributed by atoms with Crippen LogP contribution in [0.2, 0.25) is 0 Å². The summed E-state index contributed by atoms with van der Waals surface area (Å²) < 4.78 is 7.95. The van der Waals surface area contributed by atoms with Gasteiger partial charge in [-0.3, -0.25) is 0 Å². The van der Waals surface area contributed by atoms with E-state index in [0.29, 0.717) is 18.0 Å². The number of rotatable bonds is 7. The summed E-state index contributed by atoms with van der Waals surface area (Å²) in [6, 6.07) is 1.07. The Morgan fingerprint density at radius 3 is 3.00 bits per heavy atom. The van der Waals surface area contributed by atoms with Gasteiger partial charge >= 0.3 is 0 Å². The third-order valence-electron chi connectivity index (χ3n) is 4.03. The van der Waals surface area contributed by atoms with E-state index < -0.39 is 0 Å². The lowest BCUT2D eigenvalue weighted by Gasteiger charge is -2.29. The van der Waals surface area contributed by atoms with E-state index in [1.54, 1.807) is 0 Å².